The molecule has 1 aliphatic rings. The molecule has 116 valence electrons. The third-order valence-electron chi connectivity index (χ3n) is 3.31. The van der Waals surface area contributed by atoms with Crippen LogP contribution in [0.5, 0.6) is 0 Å². The third-order valence-corrected chi connectivity index (χ3v) is 3.31. The molecule has 0 aromatic rings. The Hall–Kier alpha value is -1.14. The Balaban J connectivity index is 2.21. The highest BCUT2D eigenvalue weighted by Gasteiger charge is 2.21. The van der Waals surface area contributed by atoms with Crippen molar-refractivity contribution >= 4 is 11.9 Å². The average Bonchev–Trinajstić information content (AvgIpc) is 2.38. The van der Waals surface area contributed by atoms with Crippen molar-refractivity contribution in [2.45, 2.75) is 51.7 Å². The van der Waals surface area contributed by atoms with Crippen molar-refractivity contribution in [3.8, 4) is 0 Å². The summed E-state index contributed by atoms with van der Waals surface area (Å²) in [7, 11) is 0. The van der Waals surface area contributed by atoms with E-state index in [2.05, 4.69) is 10.6 Å². The first-order chi connectivity index (χ1) is 9.49. The van der Waals surface area contributed by atoms with Crippen molar-refractivity contribution < 1.29 is 19.4 Å². The predicted octanol–water partition coefficient (Wildman–Crippen LogP) is 0.761. The van der Waals surface area contributed by atoms with Gasteiger partial charge in [-0.3, -0.25) is 4.79 Å². The van der Waals surface area contributed by atoms with Gasteiger partial charge in [-0.1, -0.05) is 13.8 Å². The molecule has 20 heavy (non-hydrogen) atoms. The third kappa shape index (κ3) is 6.86. The van der Waals surface area contributed by atoms with Gasteiger partial charge < -0.3 is 20.5 Å². The molecule has 0 aromatic carbocycles. The van der Waals surface area contributed by atoms with Crippen LogP contribution in [0.2, 0.25) is 0 Å². The lowest BCUT2D eigenvalue weighted by atomic mass is 10.0. The van der Waals surface area contributed by atoms with E-state index < -0.39 is 12.0 Å². The zero-order chi connectivity index (χ0) is 15.0. The molecule has 0 saturated carbocycles. The highest BCUT2D eigenvalue weighted by Crippen LogP contribution is 2.08. The summed E-state index contributed by atoms with van der Waals surface area (Å²) in [6, 6.07) is -0.804. The van der Waals surface area contributed by atoms with Crippen molar-refractivity contribution in [3.63, 3.8) is 0 Å². The molecule has 0 aliphatic carbocycles. The summed E-state index contributed by atoms with van der Waals surface area (Å²) in [6.45, 7) is 6.12. The van der Waals surface area contributed by atoms with Crippen molar-refractivity contribution in [1.29, 1.82) is 0 Å². The molecule has 0 bridgehead atoms. The Bertz CT molecular complexity index is 314. The monoisotopic (exact) mass is 286 g/mol. The van der Waals surface area contributed by atoms with Crippen LogP contribution in [0.15, 0.2) is 0 Å². The number of rotatable bonds is 8. The molecule has 1 fully saturated rings. The number of hydrogen-bond acceptors (Lipinski definition) is 4. The first kappa shape index (κ1) is 16.9. The molecule has 1 rings (SSSR count). The molecule has 0 aromatic heterocycles. The van der Waals surface area contributed by atoms with Crippen LogP contribution in [0.1, 0.15) is 39.5 Å². The molecule has 3 N–H and O–H groups in total. The van der Waals surface area contributed by atoms with E-state index in [-0.39, 0.29) is 24.3 Å². The van der Waals surface area contributed by atoms with Gasteiger partial charge in [-0.05, 0) is 38.3 Å². The van der Waals surface area contributed by atoms with E-state index >= 15 is 0 Å². The van der Waals surface area contributed by atoms with Gasteiger partial charge in [0.2, 0.25) is 5.91 Å². The largest absolute Gasteiger partial charge is 0.480 e. The van der Waals surface area contributed by atoms with E-state index in [9.17, 15) is 9.59 Å². The maximum absolute atomic E-state index is 11.7. The molecule has 0 spiro atoms. The first-order valence-electron chi connectivity index (χ1n) is 7.33. The maximum atomic E-state index is 11.7. The van der Waals surface area contributed by atoms with E-state index in [1.165, 1.54) is 0 Å². The zero-order valence-electron chi connectivity index (χ0n) is 12.4. The molecular weight excluding hydrogens is 260 g/mol. The smallest absolute Gasteiger partial charge is 0.326 e. The molecule has 0 radical (unpaired) electrons. The molecule has 1 heterocycles. The van der Waals surface area contributed by atoms with Gasteiger partial charge in [0.1, 0.15) is 6.04 Å². The van der Waals surface area contributed by atoms with Gasteiger partial charge in [0.05, 0.1) is 12.7 Å². The number of hydrogen-bond donors (Lipinski definition) is 3. The number of carboxylic acids is 1. The van der Waals surface area contributed by atoms with E-state index in [4.69, 9.17) is 9.84 Å². The Kier molecular flexibility index (Phi) is 7.54. The number of piperidine rings is 1. The quantitative estimate of drug-likeness (QED) is 0.613. The maximum Gasteiger partial charge on any atom is 0.326 e. The molecule has 6 heteroatoms. The SMILES string of the molecule is CC(C)CC(NC(=O)CCOC1CCNCC1)C(=O)O. The van der Waals surface area contributed by atoms with Crippen LogP contribution in [0.4, 0.5) is 0 Å². The second kappa shape index (κ2) is 8.92. The van der Waals surface area contributed by atoms with Gasteiger partial charge in [0, 0.05) is 6.42 Å². The van der Waals surface area contributed by atoms with Crippen molar-refractivity contribution in [1.82, 2.24) is 10.6 Å². The molecular formula is C14H26N2O4. The molecule has 1 amide bonds. The highest BCUT2D eigenvalue weighted by atomic mass is 16.5. The van der Waals surface area contributed by atoms with Crippen LogP contribution < -0.4 is 10.6 Å². The topological polar surface area (TPSA) is 87.7 Å². The lowest BCUT2D eigenvalue weighted by Gasteiger charge is -2.23. The fourth-order valence-corrected chi connectivity index (χ4v) is 2.24. The lowest BCUT2D eigenvalue weighted by molar-refractivity contribution is -0.142. The van der Waals surface area contributed by atoms with Crippen LogP contribution in [-0.4, -0.2) is 48.8 Å². The Morgan fingerprint density at radius 2 is 2.00 bits per heavy atom. The van der Waals surface area contributed by atoms with Crippen LogP contribution in [-0.2, 0) is 14.3 Å². The van der Waals surface area contributed by atoms with E-state index in [1.807, 2.05) is 13.8 Å². The molecule has 6 nitrogen and oxygen atoms in total. The minimum Gasteiger partial charge on any atom is -0.480 e. The van der Waals surface area contributed by atoms with Crippen molar-refractivity contribution in [2.24, 2.45) is 5.92 Å². The second-order valence-electron chi connectivity index (χ2n) is 5.66. The number of carboxylic acid groups (broad SMARTS) is 1. The molecule has 1 unspecified atom stereocenters. The minimum absolute atomic E-state index is 0.214. The van der Waals surface area contributed by atoms with E-state index in [0.717, 1.165) is 25.9 Å². The number of ether oxygens (including phenoxy) is 1. The average molecular weight is 286 g/mol. The minimum atomic E-state index is -0.980. The summed E-state index contributed by atoms with van der Waals surface area (Å²) in [4.78, 5) is 22.8. The van der Waals surface area contributed by atoms with Gasteiger partial charge in [0.25, 0.3) is 0 Å². The predicted molar refractivity (Wildman–Crippen MR) is 75.5 cm³/mol. The Morgan fingerprint density at radius 3 is 2.55 bits per heavy atom. The van der Waals surface area contributed by atoms with Crippen LogP contribution in [0, 0.1) is 5.92 Å². The lowest BCUT2D eigenvalue weighted by Crippen LogP contribution is -2.42. The summed E-state index contributed by atoms with van der Waals surface area (Å²) in [5.41, 5.74) is 0. The highest BCUT2D eigenvalue weighted by molar-refractivity contribution is 5.83. The number of carbonyl (C=O) groups excluding carboxylic acids is 1. The van der Waals surface area contributed by atoms with Gasteiger partial charge in [-0.2, -0.15) is 0 Å². The Morgan fingerprint density at radius 1 is 1.35 bits per heavy atom. The Labute approximate surface area is 120 Å². The van der Waals surface area contributed by atoms with Crippen LogP contribution in [0.3, 0.4) is 0 Å². The van der Waals surface area contributed by atoms with Crippen molar-refractivity contribution in [3.05, 3.63) is 0 Å². The number of carbonyl (C=O) groups is 2. The summed E-state index contributed by atoms with van der Waals surface area (Å²) in [6.07, 6.45) is 2.80. The van der Waals surface area contributed by atoms with E-state index in [0.29, 0.717) is 13.0 Å². The summed E-state index contributed by atoms with van der Waals surface area (Å²) < 4.78 is 5.63. The van der Waals surface area contributed by atoms with Gasteiger partial charge in [-0.25, -0.2) is 4.79 Å². The zero-order valence-corrected chi connectivity index (χ0v) is 12.4. The van der Waals surface area contributed by atoms with Crippen LogP contribution in [0.25, 0.3) is 0 Å². The normalized spacial score (nSPS) is 17.9. The first-order valence-corrected chi connectivity index (χ1v) is 7.33. The standard InChI is InChI=1S/C14H26N2O4/c1-10(2)9-12(14(18)19)16-13(17)5-8-20-11-3-6-15-7-4-11/h10-12,15H,3-9H2,1-2H3,(H,16,17)(H,18,19). The number of amides is 1. The fourth-order valence-electron chi connectivity index (χ4n) is 2.24. The molecule has 1 atom stereocenters. The summed E-state index contributed by atoms with van der Waals surface area (Å²) >= 11 is 0. The van der Waals surface area contributed by atoms with Crippen molar-refractivity contribution in [2.75, 3.05) is 19.7 Å². The van der Waals surface area contributed by atoms with Gasteiger partial charge in [-0.15, -0.1) is 0 Å². The number of aliphatic carboxylic acids is 1. The molecule has 1 saturated heterocycles. The summed E-state index contributed by atoms with van der Waals surface area (Å²) in [5.74, 6) is -1.01. The van der Waals surface area contributed by atoms with E-state index in [1.54, 1.807) is 0 Å². The second-order valence-corrected chi connectivity index (χ2v) is 5.66. The molecule has 1 aliphatic heterocycles. The van der Waals surface area contributed by atoms with Gasteiger partial charge >= 0.3 is 5.97 Å². The fraction of sp³-hybridized carbons (Fsp3) is 0.857. The summed E-state index contributed by atoms with van der Waals surface area (Å²) in [5, 5.41) is 14.8. The number of nitrogens with one attached hydrogen (secondary N) is 2. The van der Waals surface area contributed by atoms with Crippen LogP contribution >= 0.6 is 0 Å². The van der Waals surface area contributed by atoms with Gasteiger partial charge in [0.15, 0.2) is 0 Å².